The largest absolute Gasteiger partial charge is 0.479 e. The number of aromatic nitrogens is 2. The van der Waals surface area contributed by atoms with Crippen molar-refractivity contribution in [3.63, 3.8) is 0 Å². The topological polar surface area (TPSA) is 55.2 Å². The second-order valence-corrected chi connectivity index (χ2v) is 6.62. The molecule has 0 aliphatic rings. The van der Waals surface area contributed by atoms with Crippen LogP contribution in [0.5, 0.6) is 6.01 Å². The molecule has 2 aromatic rings. The van der Waals surface area contributed by atoms with Crippen molar-refractivity contribution in [3.05, 3.63) is 48.3 Å². The van der Waals surface area contributed by atoms with Gasteiger partial charge in [-0.25, -0.2) is 9.97 Å². The van der Waals surface area contributed by atoms with Crippen molar-refractivity contribution in [1.29, 1.82) is 0 Å². The third kappa shape index (κ3) is 7.36. The summed E-state index contributed by atoms with van der Waals surface area (Å²) in [5.41, 5.74) is 3.11. The molecular formula is C22H30N2O2. The lowest BCUT2D eigenvalue weighted by atomic mass is 10.1. The number of benzene rings is 1. The summed E-state index contributed by atoms with van der Waals surface area (Å²) in [7, 11) is 0. The molecule has 140 valence electrons. The number of allylic oxidation sites excluding steroid dienone is 1. The van der Waals surface area contributed by atoms with E-state index in [1.807, 2.05) is 12.1 Å². The molecule has 0 aliphatic carbocycles. The maximum atomic E-state index is 9.15. The molecule has 0 spiro atoms. The zero-order chi connectivity index (χ0) is 18.6. The molecule has 26 heavy (non-hydrogen) atoms. The second-order valence-electron chi connectivity index (χ2n) is 6.62. The van der Waals surface area contributed by atoms with Gasteiger partial charge >= 0.3 is 6.01 Å². The highest BCUT2D eigenvalue weighted by atomic mass is 16.5. The minimum atomic E-state index is -0.200. The predicted octanol–water partition coefficient (Wildman–Crippen LogP) is 5.63. The summed E-state index contributed by atoms with van der Waals surface area (Å²) >= 11 is 0. The van der Waals surface area contributed by atoms with Crippen LogP contribution in [0.1, 0.15) is 57.9 Å². The van der Waals surface area contributed by atoms with Crippen molar-refractivity contribution in [3.8, 4) is 17.1 Å². The van der Waals surface area contributed by atoms with Crippen molar-refractivity contribution in [2.45, 2.75) is 58.5 Å². The molecule has 0 amide bonds. The van der Waals surface area contributed by atoms with Gasteiger partial charge in [0, 0.05) is 24.6 Å². The van der Waals surface area contributed by atoms with Crippen LogP contribution in [0.3, 0.4) is 0 Å². The summed E-state index contributed by atoms with van der Waals surface area (Å²) in [5.74, 6) is 0. The van der Waals surface area contributed by atoms with Crippen molar-refractivity contribution in [2.75, 3.05) is 6.61 Å². The van der Waals surface area contributed by atoms with E-state index in [2.05, 4.69) is 48.1 Å². The van der Waals surface area contributed by atoms with E-state index >= 15 is 0 Å². The minimum Gasteiger partial charge on any atom is -0.479 e. The number of nitrogens with zero attached hydrogens (tertiary/aromatic N) is 2. The van der Waals surface area contributed by atoms with Gasteiger partial charge in [0.25, 0.3) is 0 Å². The number of ether oxygens (including phenoxy) is 1. The summed E-state index contributed by atoms with van der Waals surface area (Å²) in [5, 5.41) is 9.15. The van der Waals surface area contributed by atoms with Gasteiger partial charge in [-0.15, -0.1) is 0 Å². The zero-order valence-corrected chi connectivity index (χ0v) is 15.9. The van der Waals surface area contributed by atoms with Gasteiger partial charge in [-0.2, -0.15) is 0 Å². The Labute approximate surface area is 157 Å². The van der Waals surface area contributed by atoms with Gasteiger partial charge in [-0.05, 0) is 43.7 Å². The molecule has 0 bridgehead atoms. The molecule has 2 rings (SSSR count). The second kappa shape index (κ2) is 11.4. The summed E-state index contributed by atoms with van der Waals surface area (Å²) in [4.78, 5) is 7.62. The van der Waals surface area contributed by atoms with Crippen LogP contribution in [0.25, 0.3) is 17.2 Å². The smallest absolute Gasteiger partial charge is 0.313 e. The van der Waals surface area contributed by atoms with Gasteiger partial charge in [0.2, 0.25) is 0 Å². The van der Waals surface area contributed by atoms with E-state index < -0.39 is 0 Å². The molecule has 4 heteroatoms. The summed E-state index contributed by atoms with van der Waals surface area (Å²) in [6.07, 6.45) is 15.0. The zero-order valence-electron chi connectivity index (χ0n) is 15.9. The van der Waals surface area contributed by atoms with Gasteiger partial charge in [0.05, 0.1) is 6.10 Å². The predicted molar refractivity (Wildman–Crippen MR) is 107 cm³/mol. The molecular weight excluding hydrogens is 324 g/mol. The van der Waals surface area contributed by atoms with Crippen LogP contribution >= 0.6 is 0 Å². The monoisotopic (exact) mass is 354 g/mol. The fourth-order valence-electron chi connectivity index (χ4n) is 2.72. The first-order valence-electron chi connectivity index (χ1n) is 9.58. The van der Waals surface area contributed by atoms with Gasteiger partial charge in [-0.3, -0.25) is 0 Å². The Morgan fingerprint density at radius 3 is 2.46 bits per heavy atom. The number of unbranched alkanes of at least 4 members (excludes halogenated alkanes) is 3. The Balaban J connectivity index is 1.69. The average molecular weight is 354 g/mol. The fourth-order valence-corrected chi connectivity index (χ4v) is 2.72. The molecule has 0 saturated heterocycles. The highest BCUT2D eigenvalue weighted by Gasteiger charge is 2.01. The molecule has 1 unspecified atom stereocenters. The third-order valence-electron chi connectivity index (χ3n) is 4.32. The van der Waals surface area contributed by atoms with Crippen molar-refractivity contribution >= 4 is 6.08 Å². The lowest BCUT2D eigenvalue weighted by molar-refractivity contribution is 0.0566. The molecule has 1 aromatic carbocycles. The fraction of sp³-hybridized carbons (Fsp3) is 0.455. The Morgan fingerprint density at radius 2 is 1.77 bits per heavy atom. The maximum Gasteiger partial charge on any atom is 0.313 e. The molecule has 1 atom stereocenters. The SMILES string of the molecule is CCCCCOC(C)CCC/C=C/c1ccc(-c2cnc(O)nc2)cc1. The number of hydrogen-bond acceptors (Lipinski definition) is 4. The average Bonchev–Trinajstić information content (AvgIpc) is 2.66. The maximum absolute atomic E-state index is 9.15. The van der Waals surface area contributed by atoms with E-state index in [1.165, 1.54) is 24.8 Å². The van der Waals surface area contributed by atoms with E-state index in [9.17, 15) is 0 Å². The number of hydrogen-bond donors (Lipinski definition) is 1. The molecule has 0 saturated carbocycles. The lowest BCUT2D eigenvalue weighted by Gasteiger charge is -2.11. The van der Waals surface area contributed by atoms with Crippen molar-refractivity contribution in [2.24, 2.45) is 0 Å². The number of aromatic hydroxyl groups is 1. The van der Waals surface area contributed by atoms with E-state index in [0.717, 1.165) is 37.0 Å². The van der Waals surface area contributed by atoms with Crippen LogP contribution in [0.4, 0.5) is 0 Å². The van der Waals surface area contributed by atoms with E-state index in [1.54, 1.807) is 12.4 Å². The van der Waals surface area contributed by atoms with Gasteiger partial charge in [0.15, 0.2) is 0 Å². The van der Waals surface area contributed by atoms with Gasteiger partial charge in [0.1, 0.15) is 0 Å². The molecule has 0 radical (unpaired) electrons. The Kier molecular flexibility index (Phi) is 8.84. The van der Waals surface area contributed by atoms with Crippen molar-refractivity contribution in [1.82, 2.24) is 9.97 Å². The first-order chi connectivity index (χ1) is 12.7. The van der Waals surface area contributed by atoms with Crippen LogP contribution in [-0.4, -0.2) is 27.8 Å². The minimum absolute atomic E-state index is 0.200. The quantitative estimate of drug-likeness (QED) is 0.531. The van der Waals surface area contributed by atoms with Crippen LogP contribution in [0, 0.1) is 0 Å². The molecule has 1 N–H and O–H groups in total. The normalized spacial score (nSPS) is 12.5. The van der Waals surface area contributed by atoms with E-state index in [4.69, 9.17) is 9.84 Å². The van der Waals surface area contributed by atoms with Crippen molar-refractivity contribution < 1.29 is 9.84 Å². The Bertz CT molecular complexity index is 651. The summed E-state index contributed by atoms with van der Waals surface area (Å²) < 4.78 is 5.82. The Hall–Kier alpha value is -2.20. The van der Waals surface area contributed by atoms with Crippen LogP contribution in [-0.2, 0) is 4.74 Å². The molecule has 0 aliphatic heterocycles. The van der Waals surface area contributed by atoms with E-state index in [0.29, 0.717) is 6.10 Å². The third-order valence-corrected chi connectivity index (χ3v) is 4.32. The van der Waals surface area contributed by atoms with Crippen LogP contribution < -0.4 is 0 Å². The van der Waals surface area contributed by atoms with Gasteiger partial charge < -0.3 is 9.84 Å². The lowest BCUT2D eigenvalue weighted by Crippen LogP contribution is -2.08. The summed E-state index contributed by atoms with van der Waals surface area (Å²) in [6, 6.07) is 8.05. The molecule has 4 nitrogen and oxygen atoms in total. The standard InChI is InChI=1S/C22H30N2O2/c1-3-4-8-15-26-18(2)9-6-5-7-10-19-11-13-20(14-12-19)21-16-23-22(25)24-17-21/h7,10-14,16-18H,3-6,8-9,15H2,1-2H3,(H,23,24,25)/b10-7+. The van der Waals surface area contributed by atoms with Crippen LogP contribution in [0.15, 0.2) is 42.7 Å². The van der Waals surface area contributed by atoms with Crippen LogP contribution in [0.2, 0.25) is 0 Å². The first-order valence-corrected chi connectivity index (χ1v) is 9.58. The molecule has 1 heterocycles. The highest BCUT2D eigenvalue weighted by Crippen LogP contribution is 2.19. The molecule has 0 fully saturated rings. The molecule has 1 aromatic heterocycles. The first kappa shape index (κ1) is 20.1. The highest BCUT2D eigenvalue weighted by molar-refractivity contribution is 5.64. The Morgan fingerprint density at radius 1 is 1.04 bits per heavy atom. The number of rotatable bonds is 11. The van der Waals surface area contributed by atoms with E-state index in [-0.39, 0.29) is 6.01 Å². The summed E-state index contributed by atoms with van der Waals surface area (Å²) in [6.45, 7) is 5.27. The van der Waals surface area contributed by atoms with Gasteiger partial charge in [-0.1, -0.05) is 56.2 Å².